The van der Waals surface area contributed by atoms with Crippen molar-refractivity contribution in [1.82, 2.24) is 5.32 Å². The van der Waals surface area contributed by atoms with E-state index in [1.165, 1.54) is 33.5 Å². The van der Waals surface area contributed by atoms with Gasteiger partial charge < -0.3 is 5.32 Å². The first-order valence-corrected chi connectivity index (χ1v) is 7.60. The average molecular weight is 302 g/mol. The zero-order valence-electron chi connectivity index (χ0n) is 10.3. The second-order valence-corrected chi connectivity index (χ2v) is 7.49. The van der Waals surface area contributed by atoms with Gasteiger partial charge in [-0.15, -0.1) is 11.3 Å². The molecule has 0 radical (unpaired) electrons. The average Bonchev–Trinajstić information content (AvgIpc) is 2.94. The van der Waals surface area contributed by atoms with Crippen LogP contribution in [0.3, 0.4) is 0 Å². The van der Waals surface area contributed by atoms with Crippen molar-refractivity contribution in [3.8, 4) is 0 Å². The monoisotopic (exact) mass is 301 g/mol. The lowest BCUT2D eigenvalue weighted by molar-refractivity contribution is 0.463. The van der Waals surface area contributed by atoms with Gasteiger partial charge in [0.05, 0.1) is 0 Å². The van der Waals surface area contributed by atoms with E-state index in [4.69, 9.17) is 0 Å². The summed E-state index contributed by atoms with van der Waals surface area (Å²) in [6.07, 6.45) is 3.98. The largest absolute Gasteiger partial charge is 0.314 e. The van der Waals surface area contributed by atoms with Crippen LogP contribution in [0.1, 0.15) is 42.9 Å². The van der Waals surface area contributed by atoms with Crippen LogP contribution in [0.2, 0.25) is 0 Å². The molecule has 3 heteroatoms. The molecule has 1 saturated carbocycles. The summed E-state index contributed by atoms with van der Waals surface area (Å²) in [6.45, 7) is 8.02. The van der Waals surface area contributed by atoms with Crippen molar-refractivity contribution in [1.29, 1.82) is 0 Å². The van der Waals surface area contributed by atoms with Gasteiger partial charge in [-0.25, -0.2) is 0 Å². The molecule has 0 aliphatic heterocycles. The standard InChI is InChI=1S/C13H20BrNS/c1-9-11(14)8-12(16-9)13(2,3)6-7-15-10-4-5-10/h8,10,15H,4-7H2,1-3H3. The van der Waals surface area contributed by atoms with Gasteiger partial charge in [-0.1, -0.05) is 13.8 Å². The Balaban J connectivity index is 1.93. The van der Waals surface area contributed by atoms with E-state index in [9.17, 15) is 0 Å². The Hall–Kier alpha value is 0.140. The van der Waals surface area contributed by atoms with Gasteiger partial charge in [-0.3, -0.25) is 0 Å². The van der Waals surface area contributed by atoms with Crippen molar-refractivity contribution in [2.45, 2.75) is 51.5 Å². The minimum Gasteiger partial charge on any atom is -0.314 e. The van der Waals surface area contributed by atoms with E-state index in [1.54, 1.807) is 0 Å². The van der Waals surface area contributed by atoms with Gasteiger partial charge in [0.15, 0.2) is 0 Å². The van der Waals surface area contributed by atoms with Crippen LogP contribution in [0.4, 0.5) is 0 Å². The quantitative estimate of drug-likeness (QED) is 0.858. The maximum Gasteiger partial charge on any atom is 0.0314 e. The molecule has 16 heavy (non-hydrogen) atoms. The van der Waals surface area contributed by atoms with Crippen LogP contribution in [0, 0.1) is 6.92 Å². The van der Waals surface area contributed by atoms with Crippen molar-refractivity contribution in [3.63, 3.8) is 0 Å². The number of hydrogen-bond acceptors (Lipinski definition) is 2. The van der Waals surface area contributed by atoms with Crippen LogP contribution in [0.5, 0.6) is 0 Å². The van der Waals surface area contributed by atoms with E-state index in [2.05, 4.69) is 48.1 Å². The molecule has 1 fully saturated rings. The van der Waals surface area contributed by atoms with Crippen LogP contribution in [0.15, 0.2) is 10.5 Å². The lowest BCUT2D eigenvalue weighted by Gasteiger charge is -2.23. The molecule has 0 unspecified atom stereocenters. The first-order valence-electron chi connectivity index (χ1n) is 5.99. The maximum atomic E-state index is 3.60. The van der Waals surface area contributed by atoms with Crippen molar-refractivity contribution >= 4 is 27.3 Å². The zero-order chi connectivity index (χ0) is 11.8. The van der Waals surface area contributed by atoms with E-state index in [0.717, 1.165) is 12.6 Å². The summed E-state index contributed by atoms with van der Waals surface area (Å²) in [7, 11) is 0. The number of aryl methyl sites for hydroxylation is 1. The van der Waals surface area contributed by atoms with Crippen molar-refractivity contribution < 1.29 is 0 Å². The first-order chi connectivity index (χ1) is 7.49. The van der Waals surface area contributed by atoms with E-state index in [0.29, 0.717) is 5.41 Å². The Morgan fingerprint density at radius 3 is 2.69 bits per heavy atom. The molecule has 0 bridgehead atoms. The fraction of sp³-hybridized carbons (Fsp3) is 0.692. The van der Waals surface area contributed by atoms with E-state index in [1.807, 2.05) is 11.3 Å². The first kappa shape index (κ1) is 12.6. The normalized spacial score (nSPS) is 16.8. The summed E-state index contributed by atoms with van der Waals surface area (Å²) in [4.78, 5) is 2.88. The highest BCUT2D eigenvalue weighted by atomic mass is 79.9. The summed E-state index contributed by atoms with van der Waals surface area (Å²) >= 11 is 5.53. The van der Waals surface area contributed by atoms with Gasteiger partial charge in [-0.05, 0) is 54.7 Å². The maximum absolute atomic E-state index is 3.60. The van der Waals surface area contributed by atoms with E-state index >= 15 is 0 Å². The van der Waals surface area contributed by atoms with Crippen molar-refractivity contribution in [3.05, 3.63) is 20.3 Å². The highest BCUT2D eigenvalue weighted by Crippen LogP contribution is 2.36. The number of nitrogens with one attached hydrogen (secondary N) is 1. The Morgan fingerprint density at radius 1 is 1.50 bits per heavy atom. The van der Waals surface area contributed by atoms with E-state index in [-0.39, 0.29) is 0 Å². The second-order valence-electron chi connectivity index (χ2n) is 5.38. The summed E-state index contributed by atoms with van der Waals surface area (Å²) in [5.41, 5.74) is 0.295. The smallest absolute Gasteiger partial charge is 0.0314 e. The summed E-state index contributed by atoms with van der Waals surface area (Å²) < 4.78 is 1.26. The highest BCUT2D eigenvalue weighted by molar-refractivity contribution is 9.10. The molecular weight excluding hydrogens is 282 g/mol. The minimum atomic E-state index is 0.295. The molecule has 1 nitrogen and oxygen atoms in total. The number of rotatable bonds is 5. The van der Waals surface area contributed by atoms with Crippen LogP contribution < -0.4 is 5.32 Å². The molecule has 0 aromatic carbocycles. The molecule has 1 aromatic heterocycles. The third-order valence-corrected chi connectivity index (χ3v) is 5.79. The zero-order valence-corrected chi connectivity index (χ0v) is 12.7. The third kappa shape index (κ3) is 3.08. The van der Waals surface area contributed by atoms with Gasteiger partial charge in [0.1, 0.15) is 0 Å². The SMILES string of the molecule is Cc1sc(C(C)(C)CCNC2CC2)cc1Br. The van der Waals surface area contributed by atoms with Gasteiger partial charge >= 0.3 is 0 Å². The molecule has 0 atom stereocenters. The Bertz CT molecular complexity index is 347. The third-order valence-electron chi connectivity index (χ3n) is 3.28. The molecule has 0 saturated heterocycles. The van der Waals surface area contributed by atoms with Crippen LogP contribution in [-0.4, -0.2) is 12.6 Å². The lowest BCUT2D eigenvalue weighted by Crippen LogP contribution is -2.25. The van der Waals surface area contributed by atoms with Gasteiger partial charge in [-0.2, -0.15) is 0 Å². The molecule has 0 amide bonds. The van der Waals surface area contributed by atoms with Crippen molar-refractivity contribution in [2.24, 2.45) is 0 Å². The van der Waals surface area contributed by atoms with Gasteiger partial charge in [0, 0.05) is 25.7 Å². The molecular formula is C13H20BrNS. The lowest BCUT2D eigenvalue weighted by atomic mass is 9.87. The Morgan fingerprint density at radius 2 is 2.19 bits per heavy atom. The van der Waals surface area contributed by atoms with Crippen LogP contribution in [0.25, 0.3) is 0 Å². The molecule has 1 aromatic rings. The van der Waals surface area contributed by atoms with Crippen LogP contribution >= 0.6 is 27.3 Å². The predicted molar refractivity (Wildman–Crippen MR) is 75.4 cm³/mol. The second kappa shape index (κ2) is 4.79. The van der Waals surface area contributed by atoms with Gasteiger partial charge in [0.2, 0.25) is 0 Å². The predicted octanol–water partition coefficient (Wildman–Crippen LogP) is 4.24. The molecule has 90 valence electrons. The van der Waals surface area contributed by atoms with Crippen molar-refractivity contribution in [2.75, 3.05) is 6.54 Å². The molecule has 0 spiro atoms. The highest BCUT2D eigenvalue weighted by Gasteiger charge is 2.25. The summed E-state index contributed by atoms with van der Waals surface area (Å²) in [5.74, 6) is 0. The summed E-state index contributed by atoms with van der Waals surface area (Å²) in [5, 5.41) is 3.60. The number of hydrogen-bond donors (Lipinski definition) is 1. The topological polar surface area (TPSA) is 12.0 Å². The molecule has 2 rings (SSSR count). The molecule has 1 heterocycles. The van der Waals surface area contributed by atoms with E-state index < -0.39 is 0 Å². The Labute approximate surface area is 111 Å². The fourth-order valence-corrected chi connectivity index (χ4v) is 3.46. The number of halogens is 1. The van der Waals surface area contributed by atoms with Gasteiger partial charge in [0.25, 0.3) is 0 Å². The molecule has 1 aliphatic rings. The minimum absolute atomic E-state index is 0.295. The summed E-state index contributed by atoms with van der Waals surface area (Å²) in [6, 6.07) is 3.12. The van der Waals surface area contributed by atoms with Crippen LogP contribution in [-0.2, 0) is 5.41 Å². The molecule has 1 N–H and O–H groups in total. The Kier molecular flexibility index (Phi) is 3.77. The molecule has 1 aliphatic carbocycles. The number of thiophene rings is 1. The fourth-order valence-electron chi connectivity index (χ4n) is 1.79.